The van der Waals surface area contributed by atoms with Gasteiger partial charge < -0.3 is 9.73 Å². The molecule has 21 heavy (non-hydrogen) atoms. The van der Waals surface area contributed by atoms with Gasteiger partial charge in [0.15, 0.2) is 0 Å². The van der Waals surface area contributed by atoms with Gasteiger partial charge in [-0.25, -0.2) is 12.7 Å². The van der Waals surface area contributed by atoms with Crippen LogP contribution in [0, 0.1) is 0 Å². The highest BCUT2D eigenvalue weighted by molar-refractivity contribution is 7.89. The molecule has 0 fully saturated rings. The number of sulfonamides is 1. The van der Waals surface area contributed by atoms with E-state index in [1.165, 1.54) is 18.4 Å². The van der Waals surface area contributed by atoms with Crippen LogP contribution in [0.3, 0.4) is 0 Å². The summed E-state index contributed by atoms with van der Waals surface area (Å²) >= 11 is 0. The van der Waals surface area contributed by atoms with Crippen molar-refractivity contribution >= 4 is 10.0 Å². The Balaban J connectivity index is 2.05. The topological polar surface area (TPSA) is 62.6 Å². The van der Waals surface area contributed by atoms with Gasteiger partial charge in [-0.3, -0.25) is 0 Å². The van der Waals surface area contributed by atoms with Crippen molar-refractivity contribution in [2.45, 2.75) is 24.4 Å². The second-order valence-corrected chi connectivity index (χ2v) is 7.24. The van der Waals surface area contributed by atoms with Crippen LogP contribution in [0.4, 0.5) is 0 Å². The smallest absolute Gasteiger partial charge is 0.242 e. The summed E-state index contributed by atoms with van der Waals surface area (Å²) in [6.07, 6.45) is 3.34. The van der Waals surface area contributed by atoms with Gasteiger partial charge in [0.1, 0.15) is 0 Å². The standard InChI is InChI=1S/C15H20N2O3S/c1-12(16-10-13-8-9-20-11-13)14-4-6-15(7-5-14)21(18,19)17(2)3/h4-9,11-12,16H,10H2,1-3H3. The summed E-state index contributed by atoms with van der Waals surface area (Å²) in [6.45, 7) is 2.74. The summed E-state index contributed by atoms with van der Waals surface area (Å²) < 4.78 is 30.2. The first-order valence-corrected chi connectivity index (χ1v) is 8.12. The van der Waals surface area contributed by atoms with Gasteiger partial charge in [-0.2, -0.15) is 0 Å². The number of furan rings is 1. The summed E-state index contributed by atoms with van der Waals surface area (Å²) in [5, 5.41) is 3.36. The first kappa shape index (κ1) is 15.8. The van der Waals surface area contributed by atoms with E-state index in [9.17, 15) is 8.42 Å². The van der Waals surface area contributed by atoms with Crippen molar-refractivity contribution in [3.05, 3.63) is 54.0 Å². The van der Waals surface area contributed by atoms with Crippen molar-refractivity contribution in [2.75, 3.05) is 14.1 Å². The van der Waals surface area contributed by atoms with E-state index in [0.29, 0.717) is 11.4 Å². The number of nitrogens with one attached hydrogen (secondary N) is 1. The van der Waals surface area contributed by atoms with E-state index in [2.05, 4.69) is 5.32 Å². The van der Waals surface area contributed by atoms with Crippen molar-refractivity contribution in [3.8, 4) is 0 Å². The largest absolute Gasteiger partial charge is 0.472 e. The molecule has 1 aromatic heterocycles. The van der Waals surface area contributed by atoms with Gasteiger partial charge in [0.25, 0.3) is 0 Å². The van der Waals surface area contributed by atoms with Crippen LogP contribution in [0.25, 0.3) is 0 Å². The van der Waals surface area contributed by atoms with Crippen LogP contribution in [0.2, 0.25) is 0 Å². The van der Waals surface area contributed by atoms with Crippen LogP contribution in [0.15, 0.2) is 52.2 Å². The third-order valence-corrected chi connectivity index (χ3v) is 5.18. The molecule has 0 aliphatic carbocycles. The van der Waals surface area contributed by atoms with E-state index in [1.807, 2.05) is 25.1 Å². The monoisotopic (exact) mass is 308 g/mol. The van der Waals surface area contributed by atoms with Crippen molar-refractivity contribution < 1.29 is 12.8 Å². The molecule has 0 amide bonds. The molecule has 0 aliphatic rings. The molecule has 1 N–H and O–H groups in total. The molecule has 0 saturated heterocycles. The van der Waals surface area contributed by atoms with E-state index in [-0.39, 0.29) is 6.04 Å². The SMILES string of the molecule is CC(NCc1ccoc1)c1ccc(S(=O)(=O)N(C)C)cc1. The van der Waals surface area contributed by atoms with E-state index in [1.54, 1.807) is 24.7 Å². The molecular formula is C15H20N2O3S. The van der Waals surface area contributed by atoms with E-state index in [0.717, 1.165) is 11.1 Å². The zero-order chi connectivity index (χ0) is 15.5. The van der Waals surface area contributed by atoms with Gasteiger partial charge in [-0.05, 0) is 30.7 Å². The lowest BCUT2D eigenvalue weighted by Gasteiger charge is -2.15. The molecule has 1 atom stereocenters. The second kappa shape index (κ2) is 6.43. The fraction of sp³-hybridized carbons (Fsp3) is 0.333. The van der Waals surface area contributed by atoms with Gasteiger partial charge in [-0.15, -0.1) is 0 Å². The van der Waals surface area contributed by atoms with Crippen LogP contribution in [-0.4, -0.2) is 26.8 Å². The number of hydrogen-bond acceptors (Lipinski definition) is 4. The molecule has 1 aromatic carbocycles. The highest BCUT2D eigenvalue weighted by Crippen LogP contribution is 2.18. The Bertz CT molecular complexity index is 661. The average molecular weight is 308 g/mol. The number of rotatable bonds is 6. The van der Waals surface area contributed by atoms with Crippen LogP contribution >= 0.6 is 0 Å². The van der Waals surface area contributed by atoms with E-state index >= 15 is 0 Å². The Hall–Kier alpha value is -1.63. The minimum atomic E-state index is -3.37. The van der Waals surface area contributed by atoms with Gasteiger partial charge in [0, 0.05) is 32.2 Å². The maximum absolute atomic E-state index is 12.0. The quantitative estimate of drug-likeness (QED) is 0.890. The summed E-state index contributed by atoms with van der Waals surface area (Å²) in [4.78, 5) is 0.304. The molecule has 2 aromatic rings. The number of nitrogens with zero attached hydrogens (tertiary/aromatic N) is 1. The van der Waals surface area contributed by atoms with Gasteiger partial charge in [0.05, 0.1) is 17.4 Å². The van der Waals surface area contributed by atoms with Gasteiger partial charge in [0.2, 0.25) is 10.0 Å². The Labute approximate surface area is 125 Å². The van der Waals surface area contributed by atoms with Gasteiger partial charge in [-0.1, -0.05) is 12.1 Å². The van der Waals surface area contributed by atoms with Crippen molar-refractivity contribution in [2.24, 2.45) is 0 Å². The average Bonchev–Trinajstić information content (AvgIpc) is 2.98. The minimum absolute atomic E-state index is 0.121. The van der Waals surface area contributed by atoms with Crippen molar-refractivity contribution in [1.29, 1.82) is 0 Å². The lowest BCUT2D eigenvalue weighted by Crippen LogP contribution is -2.22. The number of benzene rings is 1. The molecule has 0 aliphatic heterocycles. The molecule has 1 heterocycles. The molecule has 1 unspecified atom stereocenters. The maximum Gasteiger partial charge on any atom is 0.242 e. The third-order valence-electron chi connectivity index (χ3n) is 3.35. The number of hydrogen-bond donors (Lipinski definition) is 1. The third kappa shape index (κ3) is 3.72. The second-order valence-electron chi connectivity index (χ2n) is 5.09. The zero-order valence-corrected chi connectivity index (χ0v) is 13.2. The molecule has 0 bridgehead atoms. The van der Waals surface area contributed by atoms with Crippen LogP contribution in [-0.2, 0) is 16.6 Å². The first-order chi connectivity index (χ1) is 9.91. The highest BCUT2D eigenvalue weighted by Gasteiger charge is 2.17. The summed E-state index contributed by atoms with van der Waals surface area (Å²) in [7, 11) is -0.314. The summed E-state index contributed by atoms with van der Waals surface area (Å²) in [6, 6.07) is 8.98. The molecule has 0 spiro atoms. The van der Waals surface area contributed by atoms with Gasteiger partial charge >= 0.3 is 0 Å². The maximum atomic E-state index is 12.0. The summed E-state index contributed by atoms with van der Waals surface area (Å²) in [5.41, 5.74) is 2.12. The van der Waals surface area contributed by atoms with E-state index in [4.69, 9.17) is 4.42 Å². The van der Waals surface area contributed by atoms with Crippen LogP contribution in [0.5, 0.6) is 0 Å². The Morgan fingerprint density at radius 1 is 1.19 bits per heavy atom. The molecule has 0 saturated carbocycles. The van der Waals surface area contributed by atoms with Crippen molar-refractivity contribution in [3.63, 3.8) is 0 Å². The molecule has 114 valence electrons. The van der Waals surface area contributed by atoms with E-state index < -0.39 is 10.0 Å². The van der Waals surface area contributed by atoms with Crippen LogP contribution < -0.4 is 5.32 Å². The minimum Gasteiger partial charge on any atom is -0.472 e. The van der Waals surface area contributed by atoms with Crippen molar-refractivity contribution in [1.82, 2.24) is 9.62 Å². The molecule has 2 rings (SSSR count). The Morgan fingerprint density at radius 3 is 2.38 bits per heavy atom. The fourth-order valence-corrected chi connectivity index (χ4v) is 2.82. The van der Waals surface area contributed by atoms with Crippen LogP contribution in [0.1, 0.15) is 24.1 Å². The molecular weight excluding hydrogens is 288 g/mol. The lowest BCUT2D eigenvalue weighted by molar-refractivity contribution is 0.520. The Kier molecular flexibility index (Phi) is 4.82. The normalized spacial score (nSPS) is 13.5. The zero-order valence-electron chi connectivity index (χ0n) is 12.4. The highest BCUT2D eigenvalue weighted by atomic mass is 32.2. The predicted molar refractivity (Wildman–Crippen MR) is 81.3 cm³/mol. The summed E-state index contributed by atoms with van der Waals surface area (Å²) in [5.74, 6) is 0. The molecule has 0 radical (unpaired) electrons. The fourth-order valence-electron chi connectivity index (χ4n) is 1.92. The Morgan fingerprint density at radius 2 is 1.86 bits per heavy atom. The molecule has 6 heteroatoms. The molecule has 5 nitrogen and oxygen atoms in total. The first-order valence-electron chi connectivity index (χ1n) is 6.68. The lowest BCUT2D eigenvalue weighted by atomic mass is 10.1. The predicted octanol–water partition coefficient (Wildman–Crippen LogP) is 2.38.